The lowest BCUT2D eigenvalue weighted by Crippen LogP contribution is -3.00. The standard InChI is InChI=1S/C23H20N2O.HI/c1-25-22-9-5-3-7-20(22)19(21-8-4-6-10-23(21)25)15-16-24-17-11-13-18(26-2)14-12-17;/h3-16H,1-2H3;1H. The number of halogens is 1. The summed E-state index contributed by atoms with van der Waals surface area (Å²) in [5, 5.41) is 5.82. The van der Waals surface area contributed by atoms with Crippen LogP contribution in [0.25, 0.3) is 27.9 Å². The fourth-order valence-electron chi connectivity index (χ4n) is 3.35. The summed E-state index contributed by atoms with van der Waals surface area (Å²) in [6.45, 7) is 0. The smallest absolute Gasteiger partial charge is 0.213 e. The Hall–Kier alpha value is -2.60. The molecule has 0 radical (unpaired) electrons. The van der Waals surface area contributed by atoms with Crippen LogP contribution >= 0.6 is 0 Å². The van der Waals surface area contributed by atoms with Crippen molar-refractivity contribution in [2.45, 2.75) is 0 Å². The summed E-state index contributed by atoms with van der Waals surface area (Å²) in [7, 11) is 3.79. The van der Waals surface area contributed by atoms with E-state index in [2.05, 4.69) is 71.5 Å². The molecule has 0 bridgehead atoms. The van der Waals surface area contributed by atoms with E-state index >= 15 is 0 Å². The Morgan fingerprint density at radius 2 is 1.37 bits per heavy atom. The first-order chi connectivity index (χ1) is 12.8. The van der Waals surface area contributed by atoms with Gasteiger partial charge in [-0.2, -0.15) is 4.57 Å². The fourth-order valence-corrected chi connectivity index (χ4v) is 3.35. The molecule has 4 rings (SSSR count). The zero-order valence-corrected chi connectivity index (χ0v) is 17.5. The first-order valence-electron chi connectivity index (χ1n) is 8.64. The van der Waals surface area contributed by atoms with E-state index in [0.717, 1.165) is 11.4 Å². The summed E-state index contributed by atoms with van der Waals surface area (Å²) in [5.74, 6) is 0.854. The van der Waals surface area contributed by atoms with E-state index in [4.69, 9.17) is 4.74 Å². The second-order valence-electron chi connectivity index (χ2n) is 6.21. The summed E-state index contributed by atoms with van der Waals surface area (Å²) >= 11 is 0. The molecule has 0 saturated carbocycles. The number of rotatable bonds is 4. The third kappa shape index (κ3) is 3.76. The third-order valence-corrected chi connectivity index (χ3v) is 4.70. The number of methoxy groups -OCH3 is 1. The van der Waals surface area contributed by atoms with Gasteiger partial charge >= 0.3 is 0 Å². The molecule has 1 heterocycles. The highest BCUT2D eigenvalue weighted by atomic mass is 127. The van der Waals surface area contributed by atoms with Gasteiger partial charge < -0.3 is 34.0 Å². The topological polar surface area (TPSA) is 25.1 Å². The molecule has 0 atom stereocenters. The molecule has 0 saturated heterocycles. The number of benzene rings is 3. The first kappa shape index (κ1) is 19.2. The van der Waals surface area contributed by atoms with Gasteiger partial charge in [0.05, 0.1) is 17.9 Å². The van der Waals surface area contributed by atoms with E-state index in [1.54, 1.807) is 7.11 Å². The SMILES string of the molecule is COc1ccc(N/C=C/c2c3ccccc3[n+](C)c3ccccc23)cc1.[I-]. The maximum atomic E-state index is 5.20. The number of nitrogens with zero attached hydrogens (tertiary/aromatic N) is 1. The van der Waals surface area contributed by atoms with Crippen LogP contribution in [0.5, 0.6) is 5.75 Å². The van der Waals surface area contributed by atoms with Crippen molar-refractivity contribution in [3.05, 3.63) is 84.6 Å². The number of pyridine rings is 1. The highest BCUT2D eigenvalue weighted by Gasteiger charge is 2.15. The molecule has 0 fully saturated rings. The highest BCUT2D eigenvalue weighted by Crippen LogP contribution is 2.26. The molecule has 27 heavy (non-hydrogen) atoms. The maximum Gasteiger partial charge on any atom is 0.213 e. The minimum atomic E-state index is 0. The van der Waals surface area contributed by atoms with Gasteiger partial charge in [-0.05, 0) is 42.5 Å². The van der Waals surface area contributed by atoms with Crippen molar-refractivity contribution < 1.29 is 33.3 Å². The van der Waals surface area contributed by atoms with Gasteiger partial charge in [0, 0.05) is 29.6 Å². The summed E-state index contributed by atoms with van der Waals surface area (Å²) in [6, 6.07) is 24.9. The molecule has 1 N–H and O–H groups in total. The molecule has 0 aliphatic rings. The van der Waals surface area contributed by atoms with E-state index < -0.39 is 0 Å². The summed E-state index contributed by atoms with van der Waals surface area (Å²) in [6.07, 6.45) is 4.14. The molecule has 0 spiro atoms. The van der Waals surface area contributed by atoms with Crippen LogP contribution in [0.15, 0.2) is 79.0 Å². The summed E-state index contributed by atoms with van der Waals surface area (Å²) in [5.41, 5.74) is 4.68. The molecule has 0 amide bonds. The number of ether oxygens (including phenoxy) is 1. The van der Waals surface area contributed by atoms with Crippen LogP contribution < -0.4 is 38.6 Å². The Balaban J connectivity index is 0.00000210. The number of anilines is 1. The van der Waals surface area contributed by atoms with Gasteiger partial charge in [0.2, 0.25) is 11.0 Å². The van der Waals surface area contributed by atoms with Gasteiger partial charge in [0.1, 0.15) is 12.8 Å². The zero-order chi connectivity index (χ0) is 17.9. The summed E-state index contributed by atoms with van der Waals surface area (Å²) in [4.78, 5) is 0. The highest BCUT2D eigenvalue weighted by molar-refractivity contribution is 6.00. The molecular weight excluding hydrogens is 447 g/mol. The lowest BCUT2D eigenvalue weighted by molar-refractivity contribution is -0.617. The second kappa shape index (κ2) is 8.39. The molecular formula is C23H21IN2O. The Bertz CT molecular complexity index is 1050. The number of hydrogen-bond donors (Lipinski definition) is 1. The monoisotopic (exact) mass is 468 g/mol. The Morgan fingerprint density at radius 3 is 1.93 bits per heavy atom. The van der Waals surface area contributed by atoms with Crippen LogP contribution in [0.1, 0.15) is 5.56 Å². The number of aromatic nitrogens is 1. The molecule has 4 aromatic rings. The fraction of sp³-hybridized carbons (Fsp3) is 0.0870. The average Bonchev–Trinajstić information content (AvgIpc) is 2.71. The van der Waals surface area contributed by atoms with Crippen molar-refractivity contribution >= 4 is 33.6 Å². The number of fused-ring (bicyclic) bond motifs is 2. The largest absolute Gasteiger partial charge is 1.00 e. The first-order valence-corrected chi connectivity index (χ1v) is 8.64. The minimum Gasteiger partial charge on any atom is -1.00 e. The Kier molecular flexibility index (Phi) is 5.96. The van der Waals surface area contributed by atoms with Crippen molar-refractivity contribution in [2.75, 3.05) is 12.4 Å². The molecule has 0 unspecified atom stereocenters. The average molecular weight is 468 g/mol. The van der Waals surface area contributed by atoms with Gasteiger partial charge in [-0.25, -0.2) is 0 Å². The quantitative estimate of drug-likeness (QED) is 0.281. The normalized spacial score (nSPS) is 10.9. The van der Waals surface area contributed by atoms with Crippen LogP contribution in [-0.4, -0.2) is 7.11 Å². The molecule has 0 aliphatic heterocycles. The third-order valence-electron chi connectivity index (χ3n) is 4.70. The number of hydrogen-bond acceptors (Lipinski definition) is 2. The van der Waals surface area contributed by atoms with Crippen LogP contribution in [0, 0.1) is 0 Å². The molecule has 4 heteroatoms. The lowest BCUT2D eigenvalue weighted by atomic mass is 10.0. The van der Waals surface area contributed by atoms with E-state index in [0.29, 0.717) is 0 Å². The Morgan fingerprint density at radius 1 is 0.815 bits per heavy atom. The van der Waals surface area contributed by atoms with Gasteiger partial charge in [-0.15, -0.1) is 0 Å². The Labute approximate surface area is 176 Å². The van der Waals surface area contributed by atoms with Crippen LogP contribution in [-0.2, 0) is 7.05 Å². The van der Waals surface area contributed by atoms with Crippen LogP contribution in [0.4, 0.5) is 5.69 Å². The zero-order valence-electron chi connectivity index (χ0n) is 15.3. The van der Waals surface area contributed by atoms with E-state index in [9.17, 15) is 0 Å². The minimum absolute atomic E-state index is 0. The van der Waals surface area contributed by atoms with Crippen LogP contribution in [0.3, 0.4) is 0 Å². The number of aryl methyl sites for hydroxylation is 1. The van der Waals surface area contributed by atoms with E-state index in [1.807, 2.05) is 30.5 Å². The van der Waals surface area contributed by atoms with Gasteiger partial charge in [-0.1, -0.05) is 24.3 Å². The maximum absolute atomic E-state index is 5.20. The van der Waals surface area contributed by atoms with Gasteiger partial charge in [-0.3, -0.25) is 0 Å². The lowest BCUT2D eigenvalue weighted by Gasteiger charge is -2.07. The van der Waals surface area contributed by atoms with Crippen molar-refractivity contribution in [1.82, 2.24) is 0 Å². The molecule has 3 nitrogen and oxygen atoms in total. The van der Waals surface area contributed by atoms with Crippen LogP contribution in [0.2, 0.25) is 0 Å². The number of nitrogens with one attached hydrogen (secondary N) is 1. The molecule has 1 aromatic heterocycles. The van der Waals surface area contributed by atoms with Crippen molar-refractivity contribution in [3.63, 3.8) is 0 Å². The van der Waals surface area contributed by atoms with E-state index in [1.165, 1.54) is 27.4 Å². The van der Waals surface area contributed by atoms with Gasteiger partial charge in [0.15, 0.2) is 0 Å². The number of para-hydroxylation sites is 2. The van der Waals surface area contributed by atoms with Crippen molar-refractivity contribution in [2.24, 2.45) is 7.05 Å². The van der Waals surface area contributed by atoms with Gasteiger partial charge in [0.25, 0.3) is 0 Å². The predicted octanol–water partition coefficient (Wildman–Crippen LogP) is 1.91. The second-order valence-corrected chi connectivity index (χ2v) is 6.21. The molecule has 3 aromatic carbocycles. The molecule has 0 aliphatic carbocycles. The molecule has 136 valence electrons. The predicted molar refractivity (Wildman–Crippen MR) is 108 cm³/mol. The van der Waals surface area contributed by atoms with E-state index in [-0.39, 0.29) is 24.0 Å². The summed E-state index contributed by atoms with van der Waals surface area (Å²) < 4.78 is 7.45. The van der Waals surface area contributed by atoms with Crippen molar-refractivity contribution in [1.29, 1.82) is 0 Å². The van der Waals surface area contributed by atoms with Crippen molar-refractivity contribution in [3.8, 4) is 5.75 Å².